The molecule has 0 spiro atoms. The van der Waals surface area contributed by atoms with Crippen molar-refractivity contribution in [3.8, 4) is 22.4 Å². The number of hydrogen-bond acceptors (Lipinski definition) is 4. The number of fused-ring (bicyclic) bond motifs is 1. The fourth-order valence-corrected chi connectivity index (χ4v) is 3.48. The van der Waals surface area contributed by atoms with Gasteiger partial charge in [-0.05, 0) is 54.7 Å². The first-order valence-corrected chi connectivity index (χ1v) is 9.73. The minimum atomic E-state index is 0.00422. The first-order chi connectivity index (χ1) is 14.2. The highest BCUT2D eigenvalue weighted by atomic mass is 16.2. The lowest BCUT2D eigenvalue weighted by molar-refractivity contribution is 0.101. The molecule has 0 unspecified atom stereocenters. The minimum Gasteiger partial charge on any atom is -0.396 e. The van der Waals surface area contributed by atoms with Crippen LogP contribution in [0.25, 0.3) is 33.4 Å². The molecule has 0 radical (unpaired) electrons. The third kappa shape index (κ3) is 4.08. The van der Waals surface area contributed by atoms with Crippen molar-refractivity contribution in [2.24, 2.45) is 0 Å². The van der Waals surface area contributed by atoms with Gasteiger partial charge >= 0.3 is 0 Å². The van der Waals surface area contributed by atoms with E-state index < -0.39 is 0 Å². The molecule has 1 N–H and O–H groups in total. The molecule has 2 aromatic carbocycles. The Balaban J connectivity index is 1.65. The summed E-state index contributed by atoms with van der Waals surface area (Å²) in [6.07, 6.45) is 3.36. The van der Waals surface area contributed by atoms with Gasteiger partial charge in [-0.3, -0.25) is 4.79 Å². The van der Waals surface area contributed by atoms with Crippen LogP contribution in [0.4, 0.5) is 0 Å². The third-order valence-corrected chi connectivity index (χ3v) is 5.06. The zero-order chi connectivity index (χ0) is 20.2. The maximum absolute atomic E-state index is 12.1. The Kier molecular flexibility index (Phi) is 5.45. The van der Waals surface area contributed by atoms with Gasteiger partial charge in [0.25, 0.3) is 0 Å². The SMILES string of the molecule is CC(=O)c1cc(-c2ccc(-c3ccc(CCCO)cc3)cc2)nc2ncccc12. The van der Waals surface area contributed by atoms with Gasteiger partial charge in [0.05, 0.1) is 5.69 Å². The van der Waals surface area contributed by atoms with Crippen molar-refractivity contribution in [1.29, 1.82) is 0 Å². The summed E-state index contributed by atoms with van der Waals surface area (Å²) in [5.41, 5.74) is 6.40. The molecule has 0 aliphatic carbocycles. The Morgan fingerprint density at radius 2 is 1.59 bits per heavy atom. The maximum atomic E-state index is 12.1. The summed E-state index contributed by atoms with van der Waals surface area (Å²) in [5.74, 6) is 0.00422. The number of carbonyl (C=O) groups is 1. The number of aliphatic hydroxyl groups is 1. The number of hydrogen-bond donors (Lipinski definition) is 1. The molecule has 0 fully saturated rings. The smallest absolute Gasteiger partial charge is 0.160 e. The quantitative estimate of drug-likeness (QED) is 0.472. The van der Waals surface area contributed by atoms with E-state index in [0.717, 1.165) is 40.6 Å². The number of nitrogens with zero attached hydrogens (tertiary/aromatic N) is 2. The molecule has 4 nitrogen and oxygen atoms in total. The number of aryl methyl sites for hydroxylation is 1. The van der Waals surface area contributed by atoms with Gasteiger partial charge < -0.3 is 5.11 Å². The van der Waals surface area contributed by atoms with Gasteiger partial charge in [-0.15, -0.1) is 0 Å². The van der Waals surface area contributed by atoms with Crippen LogP contribution in [0.5, 0.6) is 0 Å². The molecule has 2 aromatic heterocycles. The van der Waals surface area contributed by atoms with E-state index in [-0.39, 0.29) is 12.4 Å². The monoisotopic (exact) mass is 382 g/mol. The predicted octanol–water partition coefficient (Wildman–Crippen LogP) is 5.09. The molecule has 0 saturated heterocycles. The highest BCUT2D eigenvalue weighted by molar-refractivity contribution is 6.06. The van der Waals surface area contributed by atoms with Crippen LogP contribution in [0.15, 0.2) is 72.9 Å². The van der Waals surface area contributed by atoms with Crippen LogP contribution < -0.4 is 0 Å². The Hall–Kier alpha value is -3.37. The van der Waals surface area contributed by atoms with Crippen molar-refractivity contribution in [1.82, 2.24) is 9.97 Å². The van der Waals surface area contributed by atoms with E-state index in [1.54, 1.807) is 13.1 Å². The number of pyridine rings is 2. The molecule has 0 aliphatic heterocycles. The normalized spacial score (nSPS) is 11.0. The van der Waals surface area contributed by atoms with Gasteiger partial charge in [-0.1, -0.05) is 48.5 Å². The fourth-order valence-electron chi connectivity index (χ4n) is 3.48. The third-order valence-electron chi connectivity index (χ3n) is 5.06. The van der Waals surface area contributed by atoms with E-state index in [4.69, 9.17) is 5.11 Å². The number of carbonyl (C=O) groups excluding carboxylic acids is 1. The first-order valence-electron chi connectivity index (χ1n) is 9.73. The fraction of sp³-hybridized carbons (Fsp3) is 0.160. The zero-order valence-corrected chi connectivity index (χ0v) is 16.3. The van der Waals surface area contributed by atoms with Crippen LogP contribution in [0.2, 0.25) is 0 Å². The van der Waals surface area contributed by atoms with Gasteiger partial charge in [-0.2, -0.15) is 0 Å². The lowest BCUT2D eigenvalue weighted by Gasteiger charge is -2.09. The van der Waals surface area contributed by atoms with Crippen molar-refractivity contribution >= 4 is 16.8 Å². The molecule has 144 valence electrons. The van der Waals surface area contributed by atoms with E-state index in [1.807, 2.05) is 30.3 Å². The molecule has 4 heteroatoms. The second kappa shape index (κ2) is 8.33. The number of benzene rings is 2. The molecular formula is C25H22N2O2. The van der Waals surface area contributed by atoms with Crippen LogP contribution in [-0.2, 0) is 6.42 Å². The number of aromatic nitrogens is 2. The largest absolute Gasteiger partial charge is 0.396 e. The highest BCUT2D eigenvalue weighted by Gasteiger charge is 2.11. The number of rotatable bonds is 6. The Labute approximate surface area is 169 Å². The Morgan fingerprint density at radius 1 is 0.931 bits per heavy atom. The summed E-state index contributed by atoms with van der Waals surface area (Å²) in [6, 6.07) is 22.1. The van der Waals surface area contributed by atoms with Crippen LogP contribution >= 0.6 is 0 Å². The van der Waals surface area contributed by atoms with Gasteiger partial charge in [0.15, 0.2) is 11.4 Å². The number of ketones is 1. The summed E-state index contributed by atoms with van der Waals surface area (Å²) in [4.78, 5) is 21.1. The van der Waals surface area contributed by atoms with Crippen molar-refractivity contribution in [3.05, 3.63) is 84.1 Å². The molecule has 0 bridgehead atoms. The maximum Gasteiger partial charge on any atom is 0.160 e. The highest BCUT2D eigenvalue weighted by Crippen LogP contribution is 2.27. The van der Waals surface area contributed by atoms with Gasteiger partial charge in [0.1, 0.15) is 0 Å². The Morgan fingerprint density at radius 3 is 2.24 bits per heavy atom. The molecule has 0 atom stereocenters. The lowest BCUT2D eigenvalue weighted by Crippen LogP contribution is -1.98. The Bertz CT molecular complexity index is 1150. The van der Waals surface area contributed by atoms with Crippen LogP contribution in [0.1, 0.15) is 29.3 Å². The first kappa shape index (κ1) is 19.0. The molecule has 29 heavy (non-hydrogen) atoms. The average Bonchev–Trinajstić information content (AvgIpc) is 2.77. The molecule has 2 heterocycles. The average molecular weight is 382 g/mol. The van der Waals surface area contributed by atoms with Gasteiger partial charge in [-0.25, -0.2) is 9.97 Å². The standard InChI is InChI=1S/C25H22N2O2/c1-17(29)23-16-24(27-25-22(23)5-2-14-26-25)21-12-10-20(11-13-21)19-8-6-18(7-9-19)4-3-15-28/h2,5-14,16,28H,3-4,15H2,1H3. The molecular weight excluding hydrogens is 360 g/mol. The summed E-state index contributed by atoms with van der Waals surface area (Å²) >= 11 is 0. The topological polar surface area (TPSA) is 63.1 Å². The van der Waals surface area contributed by atoms with Crippen LogP contribution in [0.3, 0.4) is 0 Å². The van der Waals surface area contributed by atoms with Crippen LogP contribution in [0, 0.1) is 0 Å². The summed E-state index contributed by atoms with van der Waals surface area (Å²) in [5, 5.41) is 9.74. The van der Waals surface area contributed by atoms with Crippen molar-refractivity contribution in [2.45, 2.75) is 19.8 Å². The summed E-state index contributed by atoms with van der Waals surface area (Å²) in [6.45, 7) is 1.78. The molecule has 0 amide bonds. The zero-order valence-electron chi connectivity index (χ0n) is 16.3. The summed E-state index contributed by atoms with van der Waals surface area (Å²) in [7, 11) is 0. The number of Topliss-reactive ketones (excluding diaryl/α,β-unsaturated/α-hetero) is 1. The van der Waals surface area contributed by atoms with Crippen molar-refractivity contribution in [2.75, 3.05) is 6.61 Å². The van der Waals surface area contributed by atoms with E-state index in [9.17, 15) is 4.79 Å². The lowest BCUT2D eigenvalue weighted by atomic mass is 9.99. The second-order valence-corrected chi connectivity index (χ2v) is 7.09. The van der Waals surface area contributed by atoms with Gasteiger partial charge in [0.2, 0.25) is 0 Å². The molecule has 0 aliphatic rings. The van der Waals surface area contributed by atoms with Crippen molar-refractivity contribution in [3.63, 3.8) is 0 Å². The van der Waals surface area contributed by atoms with Crippen LogP contribution in [-0.4, -0.2) is 27.5 Å². The predicted molar refractivity (Wildman–Crippen MR) is 116 cm³/mol. The number of aliphatic hydroxyl groups excluding tert-OH is 1. The molecule has 4 aromatic rings. The van der Waals surface area contributed by atoms with Crippen molar-refractivity contribution < 1.29 is 9.90 Å². The van der Waals surface area contributed by atoms with E-state index in [2.05, 4.69) is 46.4 Å². The van der Waals surface area contributed by atoms with E-state index >= 15 is 0 Å². The van der Waals surface area contributed by atoms with Gasteiger partial charge in [0, 0.05) is 29.3 Å². The van der Waals surface area contributed by atoms with E-state index in [0.29, 0.717) is 11.2 Å². The minimum absolute atomic E-state index is 0.00422. The van der Waals surface area contributed by atoms with E-state index in [1.165, 1.54) is 5.56 Å². The second-order valence-electron chi connectivity index (χ2n) is 7.09. The summed E-state index contributed by atoms with van der Waals surface area (Å²) < 4.78 is 0. The molecule has 4 rings (SSSR count). The molecule has 0 saturated carbocycles.